The number of fused-ring (bicyclic) bond motifs is 2. The zero-order valence-corrected chi connectivity index (χ0v) is 40.7. The van der Waals surface area contributed by atoms with Crippen LogP contribution < -0.4 is 18.9 Å². The Bertz CT molecular complexity index is 2370. The summed E-state index contributed by atoms with van der Waals surface area (Å²) in [6.45, 7) is 7.65. The van der Waals surface area contributed by atoms with Gasteiger partial charge in [-0.3, -0.25) is 9.59 Å². The summed E-state index contributed by atoms with van der Waals surface area (Å²) in [4.78, 5) is 34.0. The number of piperidine rings is 2. The summed E-state index contributed by atoms with van der Waals surface area (Å²) in [6, 6.07) is 8.69. The molecule has 2 aromatic carbocycles. The zero-order chi connectivity index (χ0) is 46.2. The molecule has 12 nitrogen and oxygen atoms in total. The highest BCUT2D eigenvalue weighted by Crippen LogP contribution is 2.75. The van der Waals surface area contributed by atoms with E-state index >= 15 is 0 Å². The highest BCUT2D eigenvalue weighted by Gasteiger charge is 2.81. The quantitative estimate of drug-likeness (QED) is 0.197. The van der Waals surface area contributed by atoms with Gasteiger partial charge in [0.15, 0.2) is 34.6 Å². The molecule has 12 aliphatic rings. The van der Waals surface area contributed by atoms with Crippen LogP contribution in [-0.4, -0.2) is 167 Å². The van der Waals surface area contributed by atoms with Crippen molar-refractivity contribution < 1.29 is 38.4 Å². The van der Waals surface area contributed by atoms with Crippen LogP contribution in [0.15, 0.2) is 48.6 Å². The maximum Gasteiger partial charge on any atom is 0.229 e. The van der Waals surface area contributed by atoms with Gasteiger partial charge < -0.3 is 48.4 Å². The zero-order valence-electron chi connectivity index (χ0n) is 39.8. The third-order valence-electron chi connectivity index (χ3n) is 18.5. The molecule has 2 saturated heterocycles. The first-order valence-corrected chi connectivity index (χ1v) is 24.3. The van der Waals surface area contributed by atoms with E-state index in [-0.39, 0.29) is 51.5 Å². The van der Waals surface area contributed by atoms with Crippen LogP contribution in [0.1, 0.15) is 61.3 Å². The Labute approximate surface area is 392 Å². The van der Waals surface area contributed by atoms with Gasteiger partial charge in [0.25, 0.3) is 0 Å². The van der Waals surface area contributed by atoms with Gasteiger partial charge in [0.1, 0.15) is 23.4 Å². The van der Waals surface area contributed by atoms with Gasteiger partial charge in [0.05, 0.1) is 37.1 Å². The summed E-state index contributed by atoms with van der Waals surface area (Å²) >= 11 is 3.92. The first-order chi connectivity index (χ1) is 31.1. The minimum absolute atomic E-state index is 0.0240. The number of aliphatic hydroxyl groups is 1. The third kappa shape index (κ3) is 5.34. The predicted molar refractivity (Wildman–Crippen MR) is 256 cm³/mol. The number of ether oxygens (including phenoxy) is 5. The fourth-order valence-electron chi connectivity index (χ4n) is 15.6. The van der Waals surface area contributed by atoms with Crippen molar-refractivity contribution in [2.45, 2.75) is 124 Å². The molecule has 65 heavy (non-hydrogen) atoms. The van der Waals surface area contributed by atoms with E-state index in [1.54, 1.807) is 61.5 Å². The maximum absolute atomic E-state index is 12.8. The van der Waals surface area contributed by atoms with Crippen LogP contribution in [0.5, 0.6) is 23.0 Å². The molecule has 8 aliphatic carbocycles. The van der Waals surface area contributed by atoms with Crippen LogP contribution in [0.2, 0.25) is 13.6 Å². The Morgan fingerprint density at radius 1 is 0.769 bits per heavy atom. The van der Waals surface area contributed by atoms with E-state index in [1.807, 2.05) is 30.2 Å². The lowest BCUT2D eigenvalue weighted by atomic mass is 9.38. The Hall–Kier alpha value is -3.62. The lowest BCUT2D eigenvalue weighted by Gasteiger charge is -2.71. The number of nitrogens with zero attached hydrogens (tertiary/aromatic N) is 4. The number of carbonyl (C=O) groups is 2. The van der Waals surface area contributed by atoms with Crippen molar-refractivity contribution in [3.05, 3.63) is 70.8 Å². The van der Waals surface area contributed by atoms with Gasteiger partial charge in [0, 0.05) is 55.2 Å². The van der Waals surface area contributed by atoms with Gasteiger partial charge in [-0.2, -0.15) is 12.6 Å². The molecule has 0 aromatic heterocycles. The fourth-order valence-corrected chi connectivity index (χ4v) is 15.6. The summed E-state index contributed by atoms with van der Waals surface area (Å²) in [7, 11) is 16.5. The summed E-state index contributed by atoms with van der Waals surface area (Å²) in [5, 5.41) is 12.1. The molecule has 15 heteroatoms. The van der Waals surface area contributed by atoms with Gasteiger partial charge in [0.2, 0.25) is 14.6 Å². The second-order valence-electron chi connectivity index (χ2n) is 20.4. The van der Waals surface area contributed by atoms with Gasteiger partial charge in [-0.1, -0.05) is 57.0 Å². The molecule has 346 valence electrons. The van der Waals surface area contributed by atoms with Crippen LogP contribution >= 0.6 is 12.6 Å². The molecule has 12 atom stereocenters. The van der Waals surface area contributed by atoms with Crippen LogP contribution in [0.4, 0.5) is 9.59 Å². The SMILES string of the molecule is CCCS.C[B]C(=O)N(C)C1C[C@@]23C=CC1(O)C1Oc4c(OC)ccc5c4[C@@]12CCN(C)[C@@H]3C5.C[B]C(=O)N(C)C1C[C@@]23C=CC1(OC)C1Oc4c(OC)ccc5c4[C@@]12CCN(C)[C@@H]3C5. The number of hydrogen-bond donors (Lipinski definition) is 2. The minimum atomic E-state index is -1.24. The molecular formula is C50H66B2N4O8S. The number of rotatable bonds is 8. The van der Waals surface area contributed by atoms with E-state index in [2.05, 4.69) is 73.8 Å². The highest BCUT2D eigenvalue weighted by molar-refractivity contribution is 7.80. The largest absolute Gasteiger partial charge is 0.493 e. The second-order valence-corrected chi connectivity index (χ2v) is 20.9. The van der Waals surface area contributed by atoms with Crippen molar-refractivity contribution in [2.75, 3.05) is 68.4 Å². The molecule has 4 fully saturated rings. The number of carbonyl (C=O) groups excluding carboxylic acids is 2. The van der Waals surface area contributed by atoms with E-state index in [1.165, 1.54) is 28.7 Å². The van der Waals surface area contributed by atoms with Gasteiger partial charge in [-0.05, 0) is 101 Å². The van der Waals surface area contributed by atoms with Crippen molar-refractivity contribution in [1.82, 2.24) is 19.6 Å². The Morgan fingerprint density at radius 3 is 1.71 bits per heavy atom. The molecule has 2 amide bonds. The molecule has 4 heterocycles. The van der Waals surface area contributed by atoms with Crippen molar-refractivity contribution in [3.8, 4) is 23.0 Å². The van der Waals surface area contributed by atoms with Gasteiger partial charge >= 0.3 is 0 Å². The molecule has 8 bridgehead atoms. The average Bonchev–Trinajstić information content (AvgIpc) is 3.90. The summed E-state index contributed by atoms with van der Waals surface area (Å²) in [5.41, 5.74) is 2.57. The van der Waals surface area contributed by atoms with E-state index in [4.69, 9.17) is 23.7 Å². The number of benzene rings is 2. The number of hydrogen-bond acceptors (Lipinski definition) is 11. The molecule has 2 aromatic rings. The molecular weight excluding hydrogens is 838 g/mol. The first kappa shape index (κ1) is 45.2. The monoisotopic (exact) mass is 904 g/mol. The first-order valence-electron chi connectivity index (χ1n) is 23.7. The molecule has 4 spiro atoms. The van der Waals surface area contributed by atoms with Gasteiger partial charge in [-0.15, -0.1) is 0 Å². The Morgan fingerprint density at radius 2 is 1.23 bits per heavy atom. The minimum Gasteiger partial charge on any atom is -0.493 e. The number of amides is 2. The lowest BCUT2D eigenvalue weighted by molar-refractivity contribution is -0.211. The van der Waals surface area contributed by atoms with E-state index < -0.39 is 17.3 Å². The normalized spacial score (nSPS) is 39.3. The van der Waals surface area contributed by atoms with Crippen molar-refractivity contribution in [2.24, 2.45) is 10.8 Å². The maximum atomic E-state index is 12.8. The van der Waals surface area contributed by atoms with Crippen molar-refractivity contribution in [3.63, 3.8) is 0 Å². The third-order valence-corrected chi connectivity index (χ3v) is 19.0. The number of thiol groups is 1. The van der Waals surface area contributed by atoms with Crippen LogP contribution in [-0.2, 0) is 28.4 Å². The Balaban J connectivity index is 0.000000142. The smallest absolute Gasteiger partial charge is 0.229 e. The molecule has 2 radical (unpaired) electrons. The summed E-state index contributed by atoms with van der Waals surface area (Å²) < 4.78 is 31.3. The highest BCUT2D eigenvalue weighted by atomic mass is 32.1. The molecule has 6 unspecified atom stereocenters. The fraction of sp³-hybridized carbons (Fsp3) is 0.640. The average molecular weight is 905 g/mol. The topological polar surface area (TPSA) is 113 Å². The Kier molecular flexibility index (Phi) is 10.7. The summed E-state index contributed by atoms with van der Waals surface area (Å²) in [6.07, 6.45) is 14.9. The summed E-state index contributed by atoms with van der Waals surface area (Å²) in [5.74, 6) is 4.18. The van der Waals surface area contributed by atoms with Gasteiger partial charge in [-0.25, -0.2) is 0 Å². The van der Waals surface area contributed by atoms with Crippen LogP contribution in [0, 0.1) is 10.8 Å². The van der Waals surface area contributed by atoms with E-state index in [9.17, 15) is 14.7 Å². The number of methoxy groups -OCH3 is 3. The van der Waals surface area contributed by atoms with E-state index in [0.717, 1.165) is 80.4 Å². The van der Waals surface area contributed by atoms with Crippen LogP contribution in [0.3, 0.4) is 0 Å². The van der Waals surface area contributed by atoms with Crippen molar-refractivity contribution in [1.29, 1.82) is 0 Å². The molecule has 2 saturated carbocycles. The predicted octanol–water partition coefficient (Wildman–Crippen LogP) is 5.62. The molecule has 4 aliphatic heterocycles. The molecule has 1 N–H and O–H groups in total. The van der Waals surface area contributed by atoms with Crippen LogP contribution in [0.25, 0.3) is 0 Å². The second kappa shape index (κ2) is 15.5. The lowest BCUT2D eigenvalue weighted by Crippen LogP contribution is -2.81. The number of likely N-dealkylation sites (tertiary alicyclic amines) is 2. The standard InChI is InChI=1S/C24H30BN2O4.C23H28BN2O4.C3H8S/c1-25-21(28)27(3)17-13-22-8-9-24(17,30-5)20-23(22)10-11-26(2)16(22)12-14-6-7-15(29-4)19(31-20)18(14)23;1-24-20(27)26(3)16-12-21-7-8-23(16,28)19-22(21)9-10-25(2)15(21)11-13-5-6-14(29-4)18(30-19)17(13)22;1-2-3-4/h6-9,16-17,20H,10-13H2,1-5H3;5-8,15-16,19,28H,9-12H2,1-4H3;4H,2-3H2,1H3/t16-,17?,20?,22-,23+,24?;15-,16?,19?,21-,22+,23?;/m11./s1. The van der Waals surface area contributed by atoms with E-state index in [0.29, 0.717) is 12.1 Å². The van der Waals surface area contributed by atoms with Crippen molar-refractivity contribution >= 4 is 38.8 Å². The molecule has 14 rings (SSSR count). The number of likely N-dealkylation sites (N-methyl/N-ethyl adjacent to an activating group) is 4.